The Balaban J connectivity index is 1.40. The molecule has 0 radical (unpaired) electrons. The lowest BCUT2D eigenvalue weighted by Gasteiger charge is -2.19. The fraction of sp³-hybridized carbons (Fsp3) is 0.385. The third-order valence-corrected chi connectivity index (χ3v) is 5.99. The number of benzene rings is 2. The van der Waals surface area contributed by atoms with E-state index in [4.69, 9.17) is 19.7 Å². The van der Waals surface area contributed by atoms with E-state index in [0.717, 1.165) is 22.3 Å². The largest absolute Gasteiger partial charge is 0.479 e. The van der Waals surface area contributed by atoms with Crippen molar-refractivity contribution in [1.29, 1.82) is 0 Å². The number of ether oxygens (including phenoxy) is 2. The smallest absolute Gasteiger partial charge is 0.407 e. The summed E-state index contributed by atoms with van der Waals surface area (Å²) < 4.78 is 10.5. The topological polar surface area (TPSA) is 163 Å². The summed E-state index contributed by atoms with van der Waals surface area (Å²) in [6.45, 7) is 2.74. The standard InChI is InChI=1S/C26H31N3O8/c1-15(23(31)27-14-36-12-11-22(30)25(33)34)28-24(32)16(2)29-26(35)37-13-21-19-9-5-3-7-17(19)18-8-4-6-10-20(18)21/h3-10,15-16,21-22,30H,11-14H2,1-2H3,(H,27,31)(H,28,32)(H,29,35)(H,33,34)/t15-,16-,22+/m0/s1. The van der Waals surface area contributed by atoms with Crippen molar-refractivity contribution in [2.45, 2.75) is 44.4 Å². The number of carbonyl (C=O) groups is 4. The molecule has 0 heterocycles. The van der Waals surface area contributed by atoms with E-state index in [2.05, 4.69) is 16.0 Å². The van der Waals surface area contributed by atoms with Crippen LogP contribution in [0.4, 0.5) is 4.79 Å². The molecule has 11 heteroatoms. The molecule has 5 N–H and O–H groups in total. The molecule has 198 valence electrons. The molecule has 11 nitrogen and oxygen atoms in total. The number of nitrogens with one attached hydrogen (secondary N) is 3. The van der Waals surface area contributed by atoms with E-state index in [1.807, 2.05) is 48.5 Å². The normalized spacial score (nSPS) is 14.5. The monoisotopic (exact) mass is 513 g/mol. The van der Waals surface area contributed by atoms with E-state index in [9.17, 15) is 19.2 Å². The summed E-state index contributed by atoms with van der Waals surface area (Å²) in [5, 5.41) is 25.1. The maximum Gasteiger partial charge on any atom is 0.407 e. The highest BCUT2D eigenvalue weighted by atomic mass is 16.5. The van der Waals surface area contributed by atoms with Gasteiger partial charge in [0.05, 0.1) is 6.61 Å². The summed E-state index contributed by atoms with van der Waals surface area (Å²) in [5.74, 6) is -2.59. The Labute approximate surface area is 214 Å². The number of carboxylic acid groups (broad SMARTS) is 1. The van der Waals surface area contributed by atoms with Crippen LogP contribution in [-0.4, -0.2) is 72.2 Å². The fourth-order valence-electron chi connectivity index (χ4n) is 3.95. The maximum absolute atomic E-state index is 12.4. The van der Waals surface area contributed by atoms with E-state index >= 15 is 0 Å². The number of hydrogen-bond acceptors (Lipinski definition) is 7. The van der Waals surface area contributed by atoms with Crippen LogP contribution in [0.2, 0.25) is 0 Å². The Bertz CT molecular complexity index is 1090. The van der Waals surface area contributed by atoms with E-state index in [1.165, 1.54) is 13.8 Å². The number of amides is 3. The van der Waals surface area contributed by atoms with Crippen LogP contribution in [0.3, 0.4) is 0 Å². The first-order valence-electron chi connectivity index (χ1n) is 11.9. The quantitative estimate of drug-likeness (QED) is 0.210. The molecule has 37 heavy (non-hydrogen) atoms. The second-order valence-corrected chi connectivity index (χ2v) is 8.66. The van der Waals surface area contributed by atoms with Gasteiger partial charge in [-0.25, -0.2) is 9.59 Å². The summed E-state index contributed by atoms with van der Waals surface area (Å²) in [4.78, 5) is 47.4. The molecule has 0 aromatic heterocycles. The Morgan fingerprint density at radius 2 is 1.46 bits per heavy atom. The van der Waals surface area contributed by atoms with Gasteiger partial charge in [0.15, 0.2) is 6.10 Å². The third kappa shape index (κ3) is 7.28. The second kappa shape index (κ2) is 12.8. The summed E-state index contributed by atoms with van der Waals surface area (Å²) >= 11 is 0. The molecule has 0 saturated carbocycles. The van der Waals surface area contributed by atoms with Crippen molar-refractivity contribution in [1.82, 2.24) is 16.0 Å². The number of alkyl carbamates (subject to hydrolysis) is 1. The number of carbonyl (C=O) groups excluding carboxylic acids is 3. The van der Waals surface area contributed by atoms with Crippen LogP contribution in [0.5, 0.6) is 0 Å². The molecule has 1 aliphatic rings. The molecular formula is C26H31N3O8. The van der Waals surface area contributed by atoms with Crippen LogP contribution >= 0.6 is 0 Å². The van der Waals surface area contributed by atoms with Gasteiger partial charge < -0.3 is 35.6 Å². The van der Waals surface area contributed by atoms with Crippen LogP contribution in [0.25, 0.3) is 11.1 Å². The van der Waals surface area contributed by atoms with Gasteiger partial charge in [-0.05, 0) is 36.1 Å². The summed E-state index contributed by atoms with van der Waals surface area (Å²) in [6.07, 6.45) is -2.42. The highest BCUT2D eigenvalue weighted by Crippen LogP contribution is 2.44. The first-order valence-corrected chi connectivity index (χ1v) is 11.9. The molecule has 0 bridgehead atoms. The molecule has 3 rings (SSSR count). The first kappa shape index (κ1) is 27.6. The minimum atomic E-state index is -1.54. The van der Waals surface area contributed by atoms with Gasteiger partial charge in [0.25, 0.3) is 0 Å². The zero-order valence-electron chi connectivity index (χ0n) is 20.6. The van der Waals surface area contributed by atoms with Crippen molar-refractivity contribution in [2.75, 3.05) is 19.9 Å². The molecule has 0 fully saturated rings. The number of hydrogen-bond donors (Lipinski definition) is 5. The van der Waals surface area contributed by atoms with Gasteiger partial charge in [-0.2, -0.15) is 0 Å². The van der Waals surface area contributed by atoms with Gasteiger partial charge in [-0.15, -0.1) is 0 Å². The highest BCUT2D eigenvalue weighted by molar-refractivity contribution is 5.90. The molecule has 0 unspecified atom stereocenters. The van der Waals surface area contributed by atoms with Crippen LogP contribution in [0.15, 0.2) is 48.5 Å². The van der Waals surface area contributed by atoms with Gasteiger partial charge in [-0.1, -0.05) is 48.5 Å². The maximum atomic E-state index is 12.4. The third-order valence-electron chi connectivity index (χ3n) is 5.99. The van der Waals surface area contributed by atoms with Crippen LogP contribution in [0, 0.1) is 0 Å². The Hall–Kier alpha value is -3.96. The van der Waals surface area contributed by atoms with Crippen LogP contribution in [0.1, 0.15) is 37.3 Å². The van der Waals surface area contributed by atoms with Crippen molar-refractivity contribution >= 4 is 23.9 Å². The SMILES string of the molecule is C[C@H](NC(=O)OCC1c2ccccc2-c2ccccc21)C(=O)N[C@@H](C)C(=O)NCOCC[C@@H](O)C(=O)O. The molecule has 1 aliphatic carbocycles. The van der Waals surface area contributed by atoms with Crippen molar-refractivity contribution in [3.63, 3.8) is 0 Å². The molecule has 0 saturated heterocycles. The van der Waals surface area contributed by atoms with Gasteiger partial charge in [0.1, 0.15) is 25.4 Å². The second-order valence-electron chi connectivity index (χ2n) is 8.66. The predicted octanol–water partition coefficient (Wildman–Crippen LogP) is 1.34. The van der Waals surface area contributed by atoms with Gasteiger partial charge in [-0.3, -0.25) is 9.59 Å². The lowest BCUT2D eigenvalue weighted by atomic mass is 9.98. The zero-order chi connectivity index (χ0) is 26.9. The zero-order valence-corrected chi connectivity index (χ0v) is 20.6. The minimum absolute atomic E-state index is 0.0738. The Morgan fingerprint density at radius 3 is 2.05 bits per heavy atom. The number of aliphatic hydroxyl groups excluding tert-OH is 1. The molecule has 3 atom stereocenters. The van der Waals surface area contributed by atoms with E-state index in [0.29, 0.717) is 0 Å². The Kier molecular flexibility index (Phi) is 9.58. The number of aliphatic hydroxyl groups is 1. The summed E-state index contributed by atoms with van der Waals surface area (Å²) in [6, 6.07) is 14.0. The van der Waals surface area contributed by atoms with Crippen LogP contribution in [-0.2, 0) is 23.9 Å². The summed E-state index contributed by atoms with van der Waals surface area (Å²) in [5.41, 5.74) is 4.36. The molecule has 0 aliphatic heterocycles. The van der Waals surface area contributed by atoms with E-state index in [-0.39, 0.29) is 32.3 Å². The number of fused-ring (bicyclic) bond motifs is 3. The molecular weight excluding hydrogens is 482 g/mol. The van der Waals surface area contributed by atoms with Crippen molar-refractivity contribution in [3.05, 3.63) is 59.7 Å². The first-order chi connectivity index (χ1) is 17.7. The number of carboxylic acids is 1. The lowest BCUT2D eigenvalue weighted by molar-refractivity contribution is -0.147. The average Bonchev–Trinajstić information content (AvgIpc) is 3.20. The fourth-order valence-corrected chi connectivity index (χ4v) is 3.95. The number of aliphatic carboxylic acids is 1. The van der Waals surface area contributed by atoms with Crippen molar-refractivity contribution < 1.29 is 38.9 Å². The molecule has 0 spiro atoms. The Morgan fingerprint density at radius 1 is 0.892 bits per heavy atom. The van der Waals surface area contributed by atoms with Gasteiger partial charge in [0, 0.05) is 12.3 Å². The van der Waals surface area contributed by atoms with Crippen LogP contribution < -0.4 is 16.0 Å². The average molecular weight is 514 g/mol. The molecule has 2 aromatic carbocycles. The molecule has 2 aromatic rings. The number of rotatable bonds is 12. The van der Waals surface area contributed by atoms with E-state index < -0.39 is 42.1 Å². The minimum Gasteiger partial charge on any atom is -0.479 e. The predicted molar refractivity (Wildman–Crippen MR) is 132 cm³/mol. The summed E-state index contributed by atoms with van der Waals surface area (Å²) in [7, 11) is 0. The lowest BCUT2D eigenvalue weighted by Crippen LogP contribution is -2.52. The van der Waals surface area contributed by atoms with Crippen molar-refractivity contribution in [3.8, 4) is 11.1 Å². The highest BCUT2D eigenvalue weighted by Gasteiger charge is 2.29. The van der Waals surface area contributed by atoms with Crippen molar-refractivity contribution in [2.24, 2.45) is 0 Å². The van der Waals surface area contributed by atoms with Gasteiger partial charge >= 0.3 is 12.1 Å². The van der Waals surface area contributed by atoms with Gasteiger partial charge in [0.2, 0.25) is 11.8 Å². The molecule has 3 amide bonds. The van der Waals surface area contributed by atoms with E-state index in [1.54, 1.807) is 0 Å².